The van der Waals surface area contributed by atoms with Gasteiger partial charge in [-0.3, -0.25) is 4.55 Å². The van der Waals surface area contributed by atoms with Crippen molar-refractivity contribution in [3.63, 3.8) is 0 Å². The number of rotatable bonds is 3. The second kappa shape index (κ2) is 3.95. The highest BCUT2D eigenvalue weighted by Crippen LogP contribution is 2.27. The number of benzene rings is 1. The van der Waals surface area contributed by atoms with Crippen LogP contribution in [0, 0.1) is 0 Å². The first-order valence-electron chi connectivity index (χ1n) is 3.74. The number of hydrogen-bond acceptors (Lipinski definition) is 4. The molecule has 78 valence electrons. The lowest BCUT2D eigenvalue weighted by Gasteiger charge is -2.11. The molecule has 0 aliphatic carbocycles. The summed E-state index contributed by atoms with van der Waals surface area (Å²) in [4.78, 5) is 0. The molecule has 0 bridgehead atoms. The first-order valence-corrected chi connectivity index (χ1v) is 5.24. The molecule has 1 rings (SSSR count). The molecule has 0 fully saturated rings. The van der Waals surface area contributed by atoms with Crippen LogP contribution in [0.2, 0.25) is 0 Å². The highest BCUT2D eigenvalue weighted by atomic mass is 32.2. The largest absolute Gasteiger partial charge is 0.496 e. The molecule has 0 aromatic heterocycles. The van der Waals surface area contributed by atoms with E-state index in [0.29, 0.717) is 0 Å². The molecule has 1 unspecified atom stereocenters. The summed E-state index contributed by atoms with van der Waals surface area (Å²) in [5, 5.41) is 9.25. The Kier molecular flexibility index (Phi) is 3.10. The van der Waals surface area contributed by atoms with Gasteiger partial charge in [-0.2, -0.15) is 8.42 Å². The summed E-state index contributed by atoms with van der Waals surface area (Å²) >= 11 is 0. The van der Waals surface area contributed by atoms with E-state index in [9.17, 15) is 13.5 Å². The predicted molar refractivity (Wildman–Crippen MR) is 49.5 cm³/mol. The first-order chi connectivity index (χ1) is 6.46. The van der Waals surface area contributed by atoms with Gasteiger partial charge in [-0.1, -0.05) is 18.2 Å². The van der Waals surface area contributed by atoms with Crippen molar-refractivity contribution in [3.05, 3.63) is 29.8 Å². The van der Waals surface area contributed by atoms with E-state index in [4.69, 9.17) is 9.29 Å². The maximum atomic E-state index is 10.6. The zero-order valence-electron chi connectivity index (χ0n) is 7.41. The molecule has 0 amide bonds. The van der Waals surface area contributed by atoms with Crippen LogP contribution in [0.4, 0.5) is 0 Å². The lowest BCUT2D eigenvalue weighted by atomic mass is 10.2. The van der Waals surface area contributed by atoms with Gasteiger partial charge in [0.05, 0.1) is 7.11 Å². The van der Waals surface area contributed by atoms with Crippen molar-refractivity contribution in [2.24, 2.45) is 0 Å². The van der Waals surface area contributed by atoms with Crippen LogP contribution in [0.3, 0.4) is 0 Å². The number of ether oxygens (including phenoxy) is 1. The summed E-state index contributed by atoms with van der Waals surface area (Å²) in [6, 6.07) is 6.01. The van der Waals surface area contributed by atoms with E-state index >= 15 is 0 Å². The topological polar surface area (TPSA) is 83.8 Å². The lowest BCUT2D eigenvalue weighted by molar-refractivity contribution is 0.233. The summed E-state index contributed by atoms with van der Waals surface area (Å²) in [6.45, 7) is 0. The smallest absolute Gasteiger partial charge is 0.296 e. The van der Waals surface area contributed by atoms with E-state index in [-0.39, 0.29) is 11.3 Å². The Bertz CT molecular complexity index is 411. The van der Waals surface area contributed by atoms with E-state index in [2.05, 4.69) is 0 Å². The zero-order chi connectivity index (χ0) is 10.8. The van der Waals surface area contributed by atoms with Crippen molar-refractivity contribution in [1.29, 1.82) is 0 Å². The van der Waals surface area contributed by atoms with Gasteiger partial charge in [0.2, 0.25) is 5.44 Å². The fourth-order valence-corrected chi connectivity index (χ4v) is 1.55. The molecule has 5 nitrogen and oxygen atoms in total. The summed E-state index contributed by atoms with van der Waals surface area (Å²) < 4.78 is 34.8. The molecule has 1 aromatic carbocycles. The fourth-order valence-electron chi connectivity index (χ4n) is 1.03. The second-order valence-electron chi connectivity index (χ2n) is 2.61. The van der Waals surface area contributed by atoms with Crippen LogP contribution in [-0.2, 0) is 10.1 Å². The number of methoxy groups -OCH3 is 1. The fraction of sp³-hybridized carbons (Fsp3) is 0.250. The Labute approximate surface area is 81.7 Å². The minimum atomic E-state index is -4.51. The Hall–Kier alpha value is -1.11. The summed E-state index contributed by atoms with van der Waals surface area (Å²) in [6.07, 6.45) is 0. The third kappa shape index (κ3) is 2.22. The minimum absolute atomic E-state index is 0.0116. The Morgan fingerprint density at radius 1 is 1.36 bits per heavy atom. The zero-order valence-corrected chi connectivity index (χ0v) is 8.23. The van der Waals surface area contributed by atoms with Gasteiger partial charge in [0.25, 0.3) is 10.1 Å². The summed E-state index contributed by atoms with van der Waals surface area (Å²) in [5.74, 6) is 0.206. The molecule has 0 spiro atoms. The average molecular weight is 218 g/mol. The van der Waals surface area contributed by atoms with Gasteiger partial charge < -0.3 is 9.84 Å². The molecule has 2 N–H and O–H groups in total. The molecule has 0 radical (unpaired) electrons. The Morgan fingerprint density at radius 2 is 1.93 bits per heavy atom. The van der Waals surface area contributed by atoms with Gasteiger partial charge in [-0.15, -0.1) is 0 Å². The third-order valence-corrected chi connectivity index (χ3v) is 2.51. The van der Waals surface area contributed by atoms with Crippen LogP contribution in [-0.4, -0.2) is 25.2 Å². The Balaban J connectivity index is 3.19. The monoisotopic (exact) mass is 218 g/mol. The summed E-state index contributed by atoms with van der Waals surface area (Å²) in [5.41, 5.74) is -1.96. The van der Waals surface area contributed by atoms with Crippen molar-refractivity contribution in [1.82, 2.24) is 0 Å². The maximum Gasteiger partial charge on any atom is 0.296 e. The van der Waals surface area contributed by atoms with Gasteiger partial charge in [0.1, 0.15) is 5.75 Å². The van der Waals surface area contributed by atoms with Crippen molar-refractivity contribution in [2.45, 2.75) is 5.44 Å². The third-order valence-electron chi connectivity index (χ3n) is 1.69. The molecule has 0 saturated heterocycles. The summed E-state index contributed by atoms with van der Waals surface area (Å²) in [7, 11) is -3.17. The van der Waals surface area contributed by atoms with E-state index in [0.717, 1.165) is 0 Å². The van der Waals surface area contributed by atoms with E-state index in [1.165, 1.54) is 25.3 Å². The van der Waals surface area contributed by atoms with Gasteiger partial charge in [-0.25, -0.2) is 0 Å². The molecule has 14 heavy (non-hydrogen) atoms. The van der Waals surface area contributed by atoms with Gasteiger partial charge >= 0.3 is 0 Å². The molecule has 1 aromatic rings. The highest BCUT2D eigenvalue weighted by molar-refractivity contribution is 7.85. The standard InChI is InChI=1S/C8H10O5S/c1-13-7-5-3-2-4-6(7)8(9)14(10,11)12/h2-5,8-9H,1H3,(H,10,11,12). The van der Waals surface area contributed by atoms with E-state index in [1.807, 2.05) is 0 Å². The second-order valence-corrected chi connectivity index (χ2v) is 4.09. The van der Waals surface area contributed by atoms with Gasteiger partial charge in [0, 0.05) is 5.56 Å². The molecule has 0 aliphatic rings. The van der Waals surface area contributed by atoms with Gasteiger partial charge in [-0.05, 0) is 6.07 Å². The average Bonchev–Trinajstić information content (AvgIpc) is 2.15. The van der Waals surface area contributed by atoms with Crippen molar-refractivity contribution < 1.29 is 22.8 Å². The van der Waals surface area contributed by atoms with Crippen LogP contribution in [0.5, 0.6) is 5.75 Å². The normalized spacial score (nSPS) is 13.6. The van der Waals surface area contributed by atoms with E-state index in [1.54, 1.807) is 6.07 Å². The number of hydrogen-bond donors (Lipinski definition) is 2. The molecular weight excluding hydrogens is 208 g/mol. The number of para-hydroxylation sites is 1. The number of aliphatic hydroxyl groups is 1. The molecule has 0 heterocycles. The SMILES string of the molecule is COc1ccccc1C(O)S(=O)(=O)O. The number of aliphatic hydroxyl groups excluding tert-OH is 1. The van der Waals surface area contributed by atoms with E-state index < -0.39 is 15.6 Å². The molecule has 0 aliphatic heterocycles. The van der Waals surface area contributed by atoms with Crippen LogP contribution in [0.15, 0.2) is 24.3 Å². The quantitative estimate of drug-likeness (QED) is 0.725. The first kappa shape index (κ1) is 11.0. The molecule has 1 atom stereocenters. The van der Waals surface area contributed by atoms with Crippen LogP contribution < -0.4 is 4.74 Å². The Morgan fingerprint density at radius 3 is 2.43 bits per heavy atom. The lowest BCUT2D eigenvalue weighted by Crippen LogP contribution is -2.12. The minimum Gasteiger partial charge on any atom is -0.496 e. The maximum absolute atomic E-state index is 10.6. The van der Waals surface area contributed by atoms with Gasteiger partial charge in [0.15, 0.2) is 0 Å². The van der Waals surface area contributed by atoms with Crippen molar-refractivity contribution in [3.8, 4) is 5.75 Å². The molecule has 0 saturated carbocycles. The molecule has 6 heteroatoms. The van der Waals surface area contributed by atoms with Crippen LogP contribution in [0.1, 0.15) is 11.0 Å². The molecular formula is C8H10O5S. The highest BCUT2D eigenvalue weighted by Gasteiger charge is 2.24. The van der Waals surface area contributed by atoms with Crippen molar-refractivity contribution >= 4 is 10.1 Å². The van der Waals surface area contributed by atoms with Crippen molar-refractivity contribution in [2.75, 3.05) is 7.11 Å². The van der Waals surface area contributed by atoms with Crippen LogP contribution in [0.25, 0.3) is 0 Å². The van der Waals surface area contributed by atoms with Crippen LogP contribution >= 0.6 is 0 Å². The predicted octanol–water partition coefficient (Wildman–Crippen LogP) is 0.574.